The lowest BCUT2D eigenvalue weighted by molar-refractivity contribution is -0.114. The Balaban J connectivity index is 2.14. The van der Waals surface area contributed by atoms with Crippen molar-refractivity contribution in [2.45, 2.75) is 6.04 Å². The van der Waals surface area contributed by atoms with E-state index in [2.05, 4.69) is 15.5 Å². The molecule has 6 heteroatoms. The highest BCUT2D eigenvalue weighted by Crippen LogP contribution is 2.40. The number of anilines is 1. The van der Waals surface area contributed by atoms with Crippen LogP contribution in [0.25, 0.3) is 0 Å². The molecule has 0 radical (unpaired) electrons. The first-order valence-corrected chi connectivity index (χ1v) is 5.35. The summed E-state index contributed by atoms with van der Waals surface area (Å²) < 4.78 is 4.71. The monoisotopic (exact) mass is 243 g/mol. The molecule has 2 heterocycles. The molecule has 0 spiro atoms. The van der Waals surface area contributed by atoms with Gasteiger partial charge in [0.05, 0.1) is 23.9 Å². The van der Waals surface area contributed by atoms with E-state index in [0.29, 0.717) is 16.8 Å². The minimum absolute atomic E-state index is 0.346. The van der Waals surface area contributed by atoms with E-state index in [1.165, 1.54) is 7.11 Å². The first kappa shape index (κ1) is 10.6. The van der Waals surface area contributed by atoms with Gasteiger partial charge in [-0.2, -0.15) is 5.11 Å². The molecule has 1 aromatic carbocycles. The van der Waals surface area contributed by atoms with Crippen LogP contribution in [0.15, 0.2) is 40.2 Å². The Morgan fingerprint density at radius 2 is 2.28 bits per heavy atom. The van der Waals surface area contributed by atoms with E-state index in [1.54, 1.807) is 18.3 Å². The van der Waals surface area contributed by atoms with Crippen molar-refractivity contribution in [3.63, 3.8) is 0 Å². The number of carbonyl (C=O) groups is 2. The molecule has 0 bridgehead atoms. The second-order valence-corrected chi connectivity index (χ2v) is 3.93. The fraction of sp³-hybridized carbons (Fsp3) is 0.167. The number of nitrogens with zero attached hydrogens (tertiary/aromatic N) is 2. The minimum Gasteiger partial charge on any atom is -0.465 e. The van der Waals surface area contributed by atoms with Crippen LogP contribution >= 0.6 is 0 Å². The molecule has 0 aromatic heterocycles. The first-order chi connectivity index (χ1) is 8.72. The first-order valence-electron chi connectivity index (χ1n) is 5.35. The summed E-state index contributed by atoms with van der Waals surface area (Å²) >= 11 is 0. The second kappa shape index (κ2) is 3.76. The number of nitrogens with one attached hydrogen (secondary N) is 1. The standard InChI is InChI=1S/C12H9N3O3/c1-18-12(17)7-4-2-3-6-9(7)13-5-8-10(6)14-15-11(8)16/h2-5,10,13H,1H3. The smallest absolute Gasteiger partial charge is 0.339 e. The molecule has 2 aliphatic rings. The number of methoxy groups -OCH3 is 1. The zero-order valence-corrected chi connectivity index (χ0v) is 9.51. The Kier molecular flexibility index (Phi) is 2.22. The summed E-state index contributed by atoms with van der Waals surface area (Å²) in [5, 5.41) is 10.4. The number of esters is 1. The van der Waals surface area contributed by atoms with Crippen molar-refractivity contribution in [1.29, 1.82) is 0 Å². The topological polar surface area (TPSA) is 80.1 Å². The highest BCUT2D eigenvalue weighted by Gasteiger charge is 2.34. The van der Waals surface area contributed by atoms with Gasteiger partial charge in [0, 0.05) is 11.8 Å². The average Bonchev–Trinajstić information content (AvgIpc) is 2.79. The molecular formula is C12H9N3O3. The van der Waals surface area contributed by atoms with Crippen molar-refractivity contribution >= 4 is 17.6 Å². The van der Waals surface area contributed by atoms with E-state index >= 15 is 0 Å². The highest BCUT2D eigenvalue weighted by atomic mass is 16.5. The zero-order chi connectivity index (χ0) is 12.7. The molecule has 1 amide bonds. The Hall–Kier alpha value is -2.50. The number of benzene rings is 1. The van der Waals surface area contributed by atoms with Crippen LogP contribution in [0.1, 0.15) is 22.0 Å². The van der Waals surface area contributed by atoms with E-state index in [1.807, 2.05) is 6.07 Å². The summed E-state index contributed by atoms with van der Waals surface area (Å²) in [5.41, 5.74) is 2.28. The predicted molar refractivity (Wildman–Crippen MR) is 62.1 cm³/mol. The Morgan fingerprint density at radius 3 is 3.06 bits per heavy atom. The van der Waals surface area contributed by atoms with Gasteiger partial charge in [-0.1, -0.05) is 12.1 Å². The number of amides is 1. The van der Waals surface area contributed by atoms with Crippen molar-refractivity contribution in [3.8, 4) is 0 Å². The van der Waals surface area contributed by atoms with Crippen LogP contribution in [0.3, 0.4) is 0 Å². The van der Waals surface area contributed by atoms with Crippen LogP contribution in [-0.4, -0.2) is 19.0 Å². The maximum absolute atomic E-state index is 11.6. The zero-order valence-electron chi connectivity index (χ0n) is 9.51. The Labute approximate surface area is 102 Å². The molecule has 0 aliphatic carbocycles. The third-order valence-corrected chi connectivity index (χ3v) is 2.97. The van der Waals surface area contributed by atoms with Crippen LogP contribution < -0.4 is 5.32 Å². The normalized spacial score (nSPS) is 19.7. The number of rotatable bonds is 1. The molecule has 18 heavy (non-hydrogen) atoms. The van der Waals surface area contributed by atoms with Crippen molar-refractivity contribution in [1.82, 2.24) is 0 Å². The van der Waals surface area contributed by atoms with Gasteiger partial charge < -0.3 is 10.1 Å². The van der Waals surface area contributed by atoms with Crippen molar-refractivity contribution in [2.75, 3.05) is 12.4 Å². The molecule has 1 unspecified atom stereocenters. The van der Waals surface area contributed by atoms with Gasteiger partial charge in [-0.15, -0.1) is 5.11 Å². The highest BCUT2D eigenvalue weighted by molar-refractivity contribution is 6.01. The second-order valence-electron chi connectivity index (χ2n) is 3.93. The molecule has 0 saturated carbocycles. The minimum atomic E-state index is -0.433. The number of hydrogen-bond donors (Lipinski definition) is 1. The summed E-state index contributed by atoms with van der Waals surface area (Å²) in [6.07, 6.45) is 1.54. The summed E-state index contributed by atoms with van der Waals surface area (Å²) in [5.74, 6) is -0.779. The average molecular weight is 243 g/mol. The molecule has 0 fully saturated rings. The van der Waals surface area contributed by atoms with Crippen LogP contribution in [0.4, 0.5) is 5.69 Å². The van der Waals surface area contributed by atoms with Gasteiger partial charge in [0.25, 0.3) is 5.91 Å². The largest absolute Gasteiger partial charge is 0.465 e. The summed E-state index contributed by atoms with van der Waals surface area (Å²) in [4.78, 5) is 23.1. The lowest BCUT2D eigenvalue weighted by atomic mass is 9.93. The lowest BCUT2D eigenvalue weighted by Gasteiger charge is -2.20. The molecule has 0 saturated heterocycles. The van der Waals surface area contributed by atoms with E-state index in [9.17, 15) is 9.59 Å². The van der Waals surface area contributed by atoms with Crippen LogP contribution in [-0.2, 0) is 9.53 Å². The molecular weight excluding hydrogens is 234 g/mol. The SMILES string of the molecule is COC(=O)c1cccc2c1NC=C1C(=O)N=NC12. The summed E-state index contributed by atoms with van der Waals surface area (Å²) in [6.45, 7) is 0. The number of hydrogen-bond acceptors (Lipinski definition) is 5. The van der Waals surface area contributed by atoms with Crippen molar-refractivity contribution < 1.29 is 14.3 Å². The van der Waals surface area contributed by atoms with Crippen LogP contribution in [0.5, 0.6) is 0 Å². The van der Waals surface area contributed by atoms with Crippen LogP contribution in [0, 0.1) is 0 Å². The Bertz CT molecular complexity index is 619. The predicted octanol–water partition coefficient (Wildman–Crippen LogP) is 1.82. The van der Waals surface area contributed by atoms with Gasteiger partial charge in [0.1, 0.15) is 6.04 Å². The molecule has 2 aliphatic heterocycles. The third kappa shape index (κ3) is 1.35. The molecule has 6 nitrogen and oxygen atoms in total. The number of azo groups is 1. The number of carbonyl (C=O) groups excluding carboxylic acids is 2. The molecule has 1 aromatic rings. The quantitative estimate of drug-likeness (QED) is 0.763. The Morgan fingerprint density at radius 1 is 1.44 bits per heavy atom. The third-order valence-electron chi connectivity index (χ3n) is 2.97. The molecule has 3 rings (SSSR count). The van der Waals surface area contributed by atoms with E-state index in [0.717, 1.165) is 5.56 Å². The van der Waals surface area contributed by atoms with Gasteiger partial charge in [0.2, 0.25) is 0 Å². The fourth-order valence-electron chi connectivity index (χ4n) is 2.11. The van der Waals surface area contributed by atoms with E-state index < -0.39 is 12.0 Å². The van der Waals surface area contributed by atoms with Crippen molar-refractivity contribution in [2.24, 2.45) is 10.2 Å². The summed E-state index contributed by atoms with van der Waals surface area (Å²) in [7, 11) is 1.32. The number of ether oxygens (including phenoxy) is 1. The maximum Gasteiger partial charge on any atom is 0.339 e. The lowest BCUT2D eigenvalue weighted by Crippen LogP contribution is -2.15. The molecule has 1 N–H and O–H groups in total. The molecule has 1 atom stereocenters. The van der Waals surface area contributed by atoms with Gasteiger partial charge >= 0.3 is 5.97 Å². The van der Waals surface area contributed by atoms with E-state index in [-0.39, 0.29) is 5.91 Å². The van der Waals surface area contributed by atoms with Gasteiger partial charge in [0.15, 0.2) is 0 Å². The number of fused-ring (bicyclic) bond motifs is 3. The number of para-hydroxylation sites is 1. The maximum atomic E-state index is 11.6. The van der Waals surface area contributed by atoms with Gasteiger partial charge in [-0.05, 0) is 6.07 Å². The van der Waals surface area contributed by atoms with Crippen molar-refractivity contribution in [3.05, 3.63) is 41.1 Å². The summed E-state index contributed by atoms with van der Waals surface area (Å²) in [6, 6.07) is 4.78. The van der Waals surface area contributed by atoms with E-state index in [4.69, 9.17) is 4.74 Å². The van der Waals surface area contributed by atoms with Crippen LogP contribution in [0.2, 0.25) is 0 Å². The van der Waals surface area contributed by atoms with Gasteiger partial charge in [-0.3, -0.25) is 4.79 Å². The fourth-order valence-corrected chi connectivity index (χ4v) is 2.11. The van der Waals surface area contributed by atoms with Gasteiger partial charge in [-0.25, -0.2) is 4.79 Å². The molecule has 90 valence electrons.